The summed E-state index contributed by atoms with van der Waals surface area (Å²) in [6.45, 7) is 2.81. The standard InChI is InChI=1S/C20H17BrN2O4/c1-11-14(8-12-7-13(25-2)3-4-16(12)22-11)20(24)23-17-10-19-18(9-15(17)21)26-5-6-27-19/h3-4,7-10H,5-6H2,1-2H3,(H,23,24). The molecule has 2 heterocycles. The Kier molecular flexibility index (Phi) is 4.61. The summed E-state index contributed by atoms with van der Waals surface area (Å²) >= 11 is 3.47. The van der Waals surface area contributed by atoms with Crippen molar-refractivity contribution < 1.29 is 19.0 Å². The molecule has 27 heavy (non-hydrogen) atoms. The number of anilines is 1. The van der Waals surface area contributed by atoms with E-state index in [2.05, 4.69) is 26.2 Å². The number of amides is 1. The van der Waals surface area contributed by atoms with Crippen molar-refractivity contribution in [1.82, 2.24) is 4.98 Å². The van der Waals surface area contributed by atoms with Crippen molar-refractivity contribution in [3.63, 3.8) is 0 Å². The highest BCUT2D eigenvalue weighted by Crippen LogP contribution is 2.38. The maximum Gasteiger partial charge on any atom is 0.257 e. The van der Waals surface area contributed by atoms with E-state index in [1.54, 1.807) is 19.2 Å². The highest BCUT2D eigenvalue weighted by Gasteiger charge is 2.18. The molecule has 0 radical (unpaired) electrons. The SMILES string of the molecule is COc1ccc2nc(C)c(C(=O)Nc3cc4c(cc3Br)OCCO4)cc2c1. The molecule has 0 unspecified atom stereocenters. The number of benzene rings is 2. The first-order valence-corrected chi connectivity index (χ1v) is 9.20. The van der Waals surface area contributed by atoms with Crippen LogP contribution >= 0.6 is 15.9 Å². The van der Waals surface area contributed by atoms with Crippen LogP contribution in [0.4, 0.5) is 5.69 Å². The van der Waals surface area contributed by atoms with Gasteiger partial charge in [0.15, 0.2) is 11.5 Å². The van der Waals surface area contributed by atoms with Crippen LogP contribution in [0.25, 0.3) is 10.9 Å². The lowest BCUT2D eigenvalue weighted by molar-refractivity contribution is 0.102. The minimum atomic E-state index is -0.248. The third kappa shape index (κ3) is 3.42. The molecule has 1 aliphatic rings. The molecule has 0 bridgehead atoms. The summed E-state index contributed by atoms with van der Waals surface area (Å²) in [6.07, 6.45) is 0. The second-order valence-corrected chi connectivity index (χ2v) is 6.96. The van der Waals surface area contributed by atoms with Crippen molar-refractivity contribution in [3.8, 4) is 17.2 Å². The fourth-order valence-electron chi connectivity index (χ4n) is 2.96. The largest absolute Gasteiger partial charge is 0.497 e. The summed E-state index contributed by atoms with van der Waals surface area (Å²) in [7, 11) is 1.61. The van der Waals surface area contributed by atoms with E-state index < -0.39 is 0 Å². The minimum absolute atomic E-state index is 0.248. The summed E-state index contributed by atoms with van der Waals surface area (Å²) in [6, 6.07) is 10.9. The second-order valence-electron chi connectivity index (χ2n) is 6.11. The van der Waals surface area contributed by atoms with Gasteiger partial charge in [-0.3, -0.25) is 9.78 Å². The summed E-state index contributed by atoms with van der Waals surface area (Å²) in [5.74, 6) is 1.73. The first-order valence-electron chi connectivity index (χ1n) is 8.41. The van der Waals surface area contributed by atoms with Gasteiger partial charge < -0.3 is 19.5 Å². The second kappa shape index (κ2) is 7.08. The Hall–Kier alpha value is -2.80. The Bertz CT molecular complexity index is 1050. The van der Waals surface area contributed by atoms with Gasteiger partial charge in [-0.2, -0.15) is 0 Å². The molecule has 0 aliphatic carbocycles. The smallest absolute Gasteiger partial charge is 0.257 e. The van der Waals surface area contributed by atoms with Gasteiger partial charge in [-0.15, -0.1) is 0 Å². The van der Waals surface area contributed by atoms with Crippen LogP contribution < -0.4 is 19.5 Å². The number of rotatable bonds is 3. The molecular weight excluding hydrogens is 412 g/mol. The maximum absolute atomic E-state index is 12.9. The van der Waals surface area contributed by atoms with Crippen LogP contribution in [-0.2, 0) is 0 Å². The van der Waals surface area contributed by atoms with Crippen LogP contribution in [0.5, 0.6) is 17.2 Å². The number of ether oxygens (including phenoxy) is 3. The van der Waals surface area contributed by atoms with E-state index in [0.717, 1.165) is 10.9 Å². The molecule has 2 aromatic carbocycles. The quantitative estimate of drug-likeness (QED) is 0.671. The van der Waals surface area contributed by atoms with Gasteiger partial charge in [0, 0.05) is 22.0 Å². The monoisotopic (exact) mass is 428 g/mol. The van der Waals surface area contributed by atoms with Gasteiger partial charge in [0.05, 0.1) is 29.6 Å². The van der Waals surface area contributed by atoms with Crippen molar-refractivity contribution in [1.29, 1.82) is 0 Å². The summed E-state index contributed by atoms with van der Waals surface area (Å²) < 4.78 is 17.1. The van der Waals surface area contributed by atoms with Gasteiger partial charge in [0.2, 0.25) is 0 Å². The van der Waals surface area contributed by atoms with Gasteiger partial charge in [-0.05, 0) is 47.1 Å². The van der Waals surface area contributed by atoms with Gasteiger partial charge in [0.1, 0.15) is 19.0 Å². The minimum Gasteiger partial charge on any atom is -0.497 e. The van der Waals surface area contributed by atoms with Crippen molar-refractivity contribution in [2.75, 3.05) is 25.6 Å². The first-order chi connectivity index (χ1) is 13.0. The van der Waals surface area contributed by atoms with E-state index >= 15 is 0 Å². The number of nitrogens with zero attached hydrogens (tertiary/aromatic N) is 1. The molecule has 1 aromatic heterocycles. The number of carbonyl (C=O) groups is 1. The molecular formula is C20H17BrN2O4. The predicted molar refractivity (Wildman–Crippen MR) is 106 cm³/mol. The summed E-state index contributed by atoms with van der Waals surface area (Å²) in [5.41, 5.74) is 2.57. The number of aromatic nitrogens is 1. The summed E-state index contributed by atoms with van der Waals surface area (Å²) in [5, 5.41) is 3.76. The molecule has 7 heteroatoms. The van der Waals surface area contributed by atoms with E-state index in [1.807, 2.05) is 31.2 Å². The normalized spacial score (nSPS) is 12.7. The van der Waals surface area contributed by atoms with Gasteiger partial charge >= 0.3 is 0 Å². The van der Waals surface area contributed by atoms with E-state index in [1.165, 1.54) is 0 Å². The number of carbonyl (C=O) groups excluding carboxylic acids is 1. The van der Waals surface area contributed by atoms with E-state index in [0.29, 0.717) is 51.9 Å². The van der Waals surface area contributed by atoms with Crippen LogP contribution in [0.2, 0.25) is 0 Å². The van der Waals surface area contributed by atoms with Crippen LogP contribution in [-0.4, -0.2) is 31.2 Å². The fraction of sp³-hybridized carbons (Fsp3) is 0.200. The van der Waals surface area contributed by atoms with Gasteiger partial charge in [-0.25, -0.2) is 0 Å². The van der Waals surface area contributed by atoms with Crippen LogP contribution in [0, 0.1) is 6.92 Å². The van der Waals surface area contributed by atoms with Crippen LogP contribution in [0.1, 0.15) is 16.1 Å². The first kappa shape index (κ1) is 17.6. The number of hydrogen-bond donors (Lipinski definition) is 1. The Balaban J connectivity index is 1.67. The number of nitrogens with one attached hydrogen (secondary N) is 1. The molecule has 138 valence electrons. The Labute approximate surface area is 164 Å². The molecule has 0 spiro atoms. The van der Waals surface area contributed by atoms with Crippen LogP contribution in [0.15, 0.2) is 40.9 Å². The van der Waals surface area contributed by atoms with Gasteiger partial charge in [0.25, 0.3) is 5.91 Å². The Morgan fingerprint density at radius 1 is 1.15 bits per heavy atom. The topological polar surface area (TPSA) is 69.7 Å². The molecule has 1 amide bonds. The van der Waals surface area contributed by atoms with Crippen molar-refractivity contribution >= 4 is 38.4 Å². The Morgan fingerprint density at radius 2 is 1.89 bits per heavy atom. The number of halogens is 1. The molecule has 0 saturated carbocycles. The average molecular weight is 429 g/mol. The molecule has 1 aliphatic heterocycles. The number of pyridine rings is 1. The van der Waals surface area contributed by atoms with Crippen molar-refractivity contribution in [2.24, 2.45) is 0 Å². The lowest BCUT2D eigenvalue weighted by atomic mass is 10.1. The highest BCUT2D eigenvalue weighted by atomic mass is 79.9. The molecule has 0 atom stereocenters. The van der Waals surface area contributed by atoms with Gasteiger partial charge in [-0.1, -0.05) is 0 Å². The molecule has 6 nitrogen and oxygen atoms in total. The van der Waals surface area contributed by atoms with Crippen LogP contribution in [0.3, 0.4) is 0 Å². The third-order valence-corrected chi connectivity index (χ3v) is 4.99. The summed E-state index contributed by atoms with van der Waals surface area (Å²) in [4.78, 5) is 17.4. The maximum atomic E-state index is 12.9. The van der Waals surface area contributed by atoms with Crippen molar-refractivity contribution in [3.05, 3.63) is 52.1 Å². The zero-order valence-corrected chi connectivity index (χ0v) is 16.4. The molecule has 4 rings (SSSR count). The molecule has 0 saturated heterocycles. The lowest BCUT2D eigenvalue weighted by Crippen LogP contribution is -2.17. The van der Waals surface area contributed by atoms with E-state index in [-0.39, 0.29) is 5.91 Å². The number of hydrogen-bond acceptors (Lipinski definition) is 5. The molecule has 3 aromatic rings. The zero-order valence-electron chi connectivity index (χ0n) is 14.8. The molecule has 0 fully saturated rings. The third-order valence-electron chi connectivity index (χ3n) is 4.34. The average Bonchev–Trinajstić information content (AvgIpc) is 2.67. The lowest BCUT2D eigenvalue weighted by Gasteiger charge is -2.20. The van der Waals surface area contributed by atoms with E-state index in [9.17, 15) is 4.79 Å². The number of aryl methyl sites for hydroxylation is 1. The number of fused-ring (bicyclic) bond motifs is 2. The number of methoxy groups -OCH3 is 1. The fourth-order valence-corrected chi connectivity index (χ4v) is 3.38. The predicted octanol–water partition coefficient (Wildman–Crippen LogP) is 4.34. The van der Waals surface area contributed by atoms with Crippen molar-refractivity contribution in [2.45, 2.75) is 6.92 Å². The van der Waals surface area contributed by atoms with E-state index in [4.69, 9.17) is 14.2 Å². The zero-order chi connectivity index (χ0) is 19.0. The molecule has 1 N–H and O–H groups in total. The highest BCUT2D eigenvalue weighted by molar-refractivity contribution is 9.10. The Morgan fingerprint density at radius 3 is 2.63 bits per heavy atom.